The van der Waals surface area contributed by atoms with Crippen molar-refractivity contribution in [2.24, 2.45) is 0 Å². The van der Waals surface area contributed by atoms with Gasteiger partial charge in [-0.3, -0.25) is 14.4 Å². The van der Waals surface area contributed by atoms with Gasteiger partial charge >= 0.3 is 0 Å². The van der Waals surface area contributed by atoms with Crippen LogP contribution in [0.15, 0.2) is 24.3 Å². The summed E-state index contributed by atoms with van der Waals surface area (Å²) in [4.78, 5) is 39.4. The van der Waals surface area contributed by atoms with Crippen molar-refractivity contribution in [3.8, 4) is 6.07 Å². The van der Waals surface area contributed by atoms with Gasteiger partial charge in [-0.1, -0.05) is 6.07 Å². The highest BCUT2D eigenvalue weighted by Crippen LogP contribution is 2.39. The first kappa shape index (κ1) is 21.3. The van der Waals surface area contributed by atoms with Crippen LogP contribution >= 0.6 is 0 Å². The number of hydrazine groups is 2. The van der Waals surface area contributed by atoms with Gasteiger partial charge in [0, 0.05) is 24.5 Å². The molecule has 170 valence electrons. The zero-order valence-electron chi connectivity index (χ0n) is 18.2. The monoisotopic (exact) mass is 447 g/mol. The van der Waals surface area contributed by atoms with Gasteiger partial charge in [0.25, 0.3) is 17.6 Å². The Morgan fingerprint density at radius 1 is 1.27 bits per heavy atom. The molecular weight excluding hydrogens is 422 g/mol. The van der Waals surface area contributed by atoms with Crippen LogP contribution in [-0.2, 0) is 17.8 Å². The van der Waals surface area contributed by atoms with Crippen molar-refractivity contribution in [1.82, 2.24) is 26.3 Å². The van der Waals surface area contributed by atoms with Gasteiger partial charge in [0.05, 0.1) is 28.8 Å². The highest BCUT2D eigenvalue weighted by atomic mass is 16.2. The normalized spacial score (nSPS) is 20.1. The van der Waals surface area contributed by atoms with Gasteiger partial charge in [-0.25, -0.2) is 10.9 Å². The fourth-order valence-electron chi connectivity index (χ4n) is 4.94. The number of nitrogens with one attached hydrogen (secondary N) is 5. The Morgan fingerprint density at radius 2 is 2.09 bits per heavy atom. The van der Waals surface area contributed by atoms with E-state index < -0.39 is 17.2 Å². The molecule has 1 aliphatic carbocycles. The summed E-state index contributed by atoms with van der Waals surface area (Å²) in [7, 11) is 0. The summed E-state index contributed by atoms with van der Waals surface area (Å²) in [6.07, 6.45) is 3.04. The lowest BCUT2D eigenvalue weighted by atomic mass is 10.0. The molecule has 2 aliphatic heterocycles. The van der Waals surface area contributed by atoms with Crippen molar-refractivity contribution < 1.29 is 14.4 Å². The third-order valence-corrected chi connectivity index (χ3v) is 6.77. The Bertz CT molecular complexity index is 1200. The Kier molecular flexibility index (Phi) is 5.25. The van der Waals surface area contributed by atoms with E-state index in [2.05, 4.69) is 33.1 Å². The fourth-order valence-corrected chi connectivity index (χ4v) is 4.94. The summed E-state index contributed by atoms with van der Waals surface area (Å²) >= 11 is 0. The molecule has 3 aliphatic rings. The first-order valence-electron chi connectivity index (χ1n) is 11.1. The third-order valence-electron chi connectivity index (χ3n) is 6.77. The van der Waals surface area contributed by atoms with Crippen LogP contribution in [0.3, 0.4) is 0 Å². The van der Waals surface area contributed by atoms with E-state index in [1.54, 1.807) is 31.2 Å². The molecular formula is C23H25N7O3. The van der Waals surface area contributed by atoms with E-state index in [1.165, 1.54) is 0 Å². The molecule has 1 aromatic heterocycles. The van der Waals surface area contributed by atoms with Crippen molar-refractivity contribution in [3.05, 3.63) is 52.3 Å². The van der Waals surface area contributed by atoms with Crippen LogP contribution in [0.5, 0.6) is 0 Å². The Labute approximate surface area is 190 Å². The minimum Gasteiger partial charge on any atom is -0.342 e. The molecule has 1 aromatic carbocycles. The van der Waals surface area contributed by atoms with E-state index >= 15 is 0 Å². The quantitative estimate of drug-likeness (QED) is 0.324. The number of ketones is 1. The molecule has 0 bridgehead atoms. The van der Waals surface area contributed by atoms with Crippen LogP contribution in [-0.4, -0.2) is 40.3 Å². The Balaban J connectivity index is 1.40. The van der Waals surface area contributed by atoms with E-state index in [-0.39, 0.29) is 11.9 Å². The van der Waals surface area contributed by atoms with Crippen molar-refractivity contribution in [2.45, 2.75) is 50.7 Å². The first-order valence-corrected chi connectivity index (χ1v) is 11.1. The maximum Gasteiger partial charge on any atom is 0.292 e. The number of hydrogen-bond donors (Lipinski definition) is 5. The lowest BCUT2D eigenvalue weighted by molar-refractivity contribution is -0.118. The van der Waals surface area contributed by atoms with Gasteiger partial charge < -0.3 is 15.2 Å². The van der Waals surface area contributed by atoms with Gasteiger partial charge in [-0.2, -0.15) is 10.8 Å². The number of Topliss-reactive ketones (excluding diaryl/α,β-unsaturated/α-hetero) is 1. The van der Waals surface area contributed by atoms with E-state index in [9.17, 15) is 14.4 Å². The predicted molar refractivity (Wildman–Crippen MR) is 119 cm³/mol. The number of fused-ring (bicyclic) bond motifs is 1. The molecule has 1 saturated heterocycles. The largest absolute Gasteiger partial charge is 0.342 e. The van der Waals surface area contributed by atoms with Crippen molar-refractivity contribution in [1.29, 1.82) is 5.26 Å². The van der Waals surface area contributed by atoms with Gasteiger partial charge in [-0.15, -0.1) is 0 Å². The topological polar surface area (TPSA) is 140 Å². The maximum absolute atomic E-state index is 13.3. The Hall–Kier alpha value is -3.52. The third kappa shape index (κ3) is 3.70. The highest BCUT2D eigenvalue weighted by Gasteiger charge is 2.52. The molecule has 2 fully saturated rings. The molecule has 3 heterocycles. The van der Waals surface area contributed by atoms with Gasteiger partial charge in [0.15, 0.2) is 0 Å². The number of carbonyl (C=O) groups excluding carboxylic acids is 3. The average molecular weight is 447 g/mol. The highest BCUT2D eigenvalue weighted by molar-refractivity contribution is 6.44. The van der Waals surface area contributed by atoms with E-state index in [1.807, 2.05) is 4.57 Å². The first-order chi connectivity index (χ1) is 15.9. The minimum absolute atomic E-state index is 0.000567. The summed E-state index contributed by atoms with van der Waals surface area (Å²) in [5, 5.41) is 14.9. The second kappa shape index (κ2) is 8.12. The second-order valence-corrected chi connectivity index (χ2v) is 8.84. The number of amides is 2. The van der Waals surface area contributed by atoms with Gasteiger partial charge in [0.2, 0.25) is 0 Å². The van der Waals surface area contributed by atoms with E-state index in [0.29, 0.717) is 47.6 Å². The zero-order chi connectivity index (χ0) is 23.2. The molecule has 2 aromatic rings. The summed E-state index contributed by atoms with van der Waals surface area (Å²) in [6.45, 7) is 2.97. The van der Waals surface area contributed by atoms with Crippen LogP contribution in [0, 0.1) is 18.3 Å². The average Bonchev–Trinajstić information content (AvgIpc) is 3.16. The van der Waals surface area contributed by atoms with Crippen molar-refractivity contribution >= 4 is 23.3 Å². The molecule has 5 N–H and O–H groups in total. The lowest BCUT2D eigenvalue weighted by Crippen LogP contribution is -2.53. The number of rotatable bonds is 6. The van der Waals surface area contributed by atoms with E-state index in [4.69, 9.17) is 5.26 Å². The van der Waals surface area contributed by atoms with Gasteiger partial charge in [-0.05, 0) is 56.4 Å². The maximum atomic E-state index is 13.3. The van der Waals surface area contributed by atoms with Crippen LogP contribution in [0.25, 0.3) is 0 Å². The number of nitrogens with zero attached hydrogens (tertiary/aromatic N) is 2. The SMILES string of the molecule is Cc1c(C(=O)C(=O)NC2(C3CNNN3)CC2)c2n(c1C(=O)Nc1cccc(C#N)c1)CCC2. The smallest absolute Gasteiger partial charge is 0.292 e. The predicted octanol–water partition coefficient (Wildman–Crippen LogP) is 0.679. The number of nitriles is 1. The van der Waals surface area contributed by atoms with Gasteiger partial charge in [0.1, 0.15) is 5.69 Å². The molecule has 5 rings (SSSR count). The molecule has 10 heteroatoms. The lowest BCUT2D eigenvalue weighted by Gasteiger charge is -2.22. The molecule has 1 saturated carbocycles. The molecule has 1 atom stereocenters. The molecule has 2 amide bonds. The number of hydrogen-bond acceptors (Lipinski definition) is 7. The molecule has 0 spiro atoms. The minimum atomic E-state index is -0.640. The zero-order valence-corrected chi connectivity index (χ0v) is 18.2. The number of anilines is 1. The Morgan fingerprint density at radius 3 is 2.79 bits per heavy atom. The van der Waals surface area contributed by atoms with Crippen LogP contribution in [0.4, 0.5) is 5.69 Å². The van der Waals surface area contributed by atoms with Crippen molar-refractivity contribution in [3.63, 3.8) is 0 Å². The number of benzene rings is 1. The fraction of sp³-hybridized carbons (Fsp3) is 0.391. The molecule has 33 heavy (non-hydrogen) atoms. The second-order valence-electron chi connectivity index (χ2n) is 8.84. The van der Waals surface area contributed by atoms with Crippen LogP contribution < -0.4 is 27.0 Å². The molecule has 1 unspecified atom stereocenters. The summed E-state index contributed by atoms with van der Waals surface area (Å²) in [5.41, 5.74) is 11.3. The number of carbonyl (C=O) groups is 3. The summed E-state index contributed by atoms with van der Waals surface area (Å²) in [5.74, 6) is -1.61. The van der Waals surface area contributed by atoms with Crippen molar-refractivity contribution in [2.75, 3.05) is 11.9 Å². The molecule has 10 nitrogen and oxygen atoms in total. The number of aromatic nitrogens is 1. The van der Waals surface area contributed by atoms with Crippen LogP contribution in [0.2, 0.25) is 0 Å². The van der Waals surface area contributed by atoms with Crippen LogP contribution in [0.1, 0.15) is 56.9 Å². The summed E-state index contributed by atoms with van der Waals surface area (Å²) in [6, 6.07) is 8.70. The van der Waals surface area contributed by atoms with E-state index in [0.717, 1.165) is 25.0 Å². The summed E-state index contributed by atoms with van der Waals surface area (Å²) < 4.78 is 1.85. The molecule has 0 radical (unpaired) electrons. The standard InChI is InChI=1S/C23H25N7O3/c1-13-18(20(31)22(33)27-23(7-8-23)17-12-25-29-28-17)16-6-3-9-30(16)19(13)21(32)26-15-5-2-4-14(10-15)11-24/h2,4-5,10,17,25,28-29H,3,6-9,12H2,1H3,(H,26,32)(H,27,33).